The number of methoxy groups -OCH3 is 1. The first-order chi connectivity index (χ1) is 11.7. The van der Waals surface area contributed by atoms with Gasteiger partial charge in [-0.05, 0) is 53.4 Å². The Kier molecular flexibility index (Phi) is 5.02. The minimum atomic E-state index is 0.480. The minimum absolute atomic E-state index is 0.480. The lowest BCUT2D eigenvalue weighted by Crippen LogP contribution is -2.02. The van der Waals surface area contributed by atoms with Gasteiger partial charge in [0.1, 0.15) is 16.7 Å². The molecule has 122 valence electrons. The van der Waals surface area contributed by atoms with E-state index in [9.17, 15) is 0 Å². The number of hydrogen-bond acceptors (Lipinski definition) is 3. The summed E-state index contributed by atoms with van der Waals surface area (Å²) in [6, 6.07) is 20.1. The molecule has 3 rings (SSSR count). The third kappa shape index (κ3) is 3.87. The number of halogens is 1. The van der Waals surface area contributed by atoms with Crippen LogP contribution in [-0.2, 0) is 6.54 Å². The van der Waals surface area contributed by atoms with E-state index in [1.807, 2.05) is 48.5 Å². The highest BCUT2D eigenvalue weighted by atomic mass is 35.5. The number of pyridine rings is 1. The number of benzene rings is 2. The molecule has 0 unspecified atom stereocenters. The molecular formula is C20H19ClN2O. The van der Waals surface area contributed by atoms with E-state index < -0.39 is 0 Å². The average Bonchev–Trinajstić information content (AvgIpc) is 2.60. The number of ether oxygens (including phenoxy) is 1. The smallest absolute Gasteiger partial charge is 0.132 e. The lowest BCUT2D eigenvalue weighted by Gasteiger charge is -2.11. The lowest BCUT2D eigenvalue weighted by atomic mass is 10.0. The zero-order chi connectivity index (χ0) is 16.9. The number of aromatic nitrogens is 1. The van der Waals surface area contributed by atoms with Crippen LogP contribution >= 0.6 is 11.6 Å². The largest absolute Gasteiger partial charge is 0.497 e. The number of aryl methyl sites for hydroxylation is 1. The summed E-state index contributed by atoms with van der Waals surface area (Å²) >= 11 is 6.21. The topological polar surface area (TPSA) is 34.1 Å². The van der Waals surface area contributed by atoms with Crippen molar-refractivity contribution in [1.82, 2.24) is 4.98 Å². The van der Waals surface area contributed by atoms with Gasteiger partial charge in [0.15, 0.2) is 0 Å². The highest BCUT2D eigenvalue weighted by molar-refractivity contribution is 6.29. The Labute approximate surface area is 147 Å². The average molecular weight is 339 g/mol. The summed E-state index contributed by atoms with van der Waals surface area (Å²) in [5, 5.41) is 3.81. The van der Waals surface area contributed by atoms with Gasteiger partial charge in [-0.2, -0.15) is 0 Å². The molecule has 2 aromatic carbocycles. The second-order valence-corrected chi connectivity index (χ2v) is 5.97. The number of rotatable bonds is 5. The molecule has 1 aromatic heterocycles. The van der Waals surface area contributed by atoms with E-state index in [1.165, 1.54) is 5.56 Å². The predicted molar refractivity (Wildman–Crippen MR) is 99.7 cm³/mol. The first kappa shape index (κ1) is 16.3. The first-order valence-electron chi connectivity index (χ1n) is 7.76. The molecule has 0 radical (unpaired) electrons. The summed E-state index contributed by atoms with van der Waals surface area (Å²) in [5.41, 5.74) is 4.58. The maximum Gasteiger partial charge on any atom is 0.132 e. The molecule has 0 aliphatic carbocycles. The Morgan fingerprint density at radius 2 is 1.79 bits per heavy atom. The molecule has 0 bridgehead atoms. The second kappa shape index (κ2) is 7.37. The number of hydrogen-bond donors (Lipinski definition) is 1. The molecule has 0 aliphatic heterocycles. The fourth-order valence-electron chi connectivity index (χ4n) is 2.58. The van der Waals surface area contributed by atoms with Crippen LogP contribution in [0.2, 0.25) is 5.15 Å². The standard InChI is InChI=1S/C20H19ClN2O/c1-14-5-3-4-6-18(14)16-11-19(21)23-20(12-16)22-13-15-7-9-17(24-2)10-8-15/h3-12H,13H2,1-2H3,(H,22,23). The molecule has 0 fully saturated rings. The van der Waals surface area contributed by atoms with Crippen LogP contribution in [0.1, 0.15) is 11.1 Å². The van der Waals surface area contributed by atoms with E-state index in [2.05, 4.69) is 29.4 Å². The van der Waals surface area contributed by atoms with Crippen molar-refractivity contribution >= 4 is 17.4 Å². The van der Waals surface area contributed by atoms with Crippen LogP contribution in [0.15, 0.2) is 60.7 Å². The Hall–Kier alpha value is -2.52. The molecule has 0 saturated heterocycles. The van der Waals surface area contributed by atoms with E-state index in [0.717, 1.165) is 28.3 Å². The number of nitrogens with zero attached hydrogens (tertiary/aromatic N) is 1. The summed E-state index contributed by atoms with van der Waals surface area (Å²) in [7, 11) is 1.66. The number of anilines is 1. The van der Waals surface area contributed by atoms with Crippen LogP contribution in [0, 0.1) is 6.92 Å². The molecule has 1 N–H and O–H groups in total. The summed E-state index contributed by atoms with van der Waals surface area (Å²) in [6.45, 7) is 2.76. The Morgan fingerprint density at radius 3 is 2.50 bits per heavy atom. The molecular weight excluding hydrogens is 320 g/mol. The van der Waals surface area contributed by atoms with Crippen LogP contribution < -0.4 is 10.1 Å². The number of nitrogens with one attached hydrogen (secondary N) is 1. The first-order valence-corrected chi connectivity index (χ1v) is 8.14. The maximum atomic E-state index is 6.21. The van der Waals surface area contributed by atoms with Crippen LogP contribution in [0.5, 0.6) is 5.75 Å². The zero-order valence-corrected chi connectivity index (χ0v) is 14.5. The quantitative estimate of drug-likeness (QED) is 0.638. The fraction of sp³-hybridized carbons (Fsp3) is 0.150. The Balaban J connectivity index is 1.80. The Morgan fingerprint density at radius 1 is 1.04 bits per heavy atom. The van der Waals surface area contributed by atoms with Crippen LogP contribution in [0.25, 0.3) is 11.1 Å². The molecule has 24 heavy (non-hydrogen) atoms. The van der Waals surface area contributed by atoms with Gasteiger partial charge in [0.25, 0.3) is 0 Å². The molecule has 0 amide bonds. The van der Waals surface area contributed by atoms with Crippen molar-refractivity contribution in [3.63, 3.8) is 0 Å². The van der Waals surface area contributed by atoms with Gasteiger partial charge < -0.3 is 10.1 Å². The van der Waals surface area contributed by atoms with Crippen LogP contribution in [-0.4, -0.2) is 12.1 Å². The summed E-state index contributed by atoms with van der Waals surface area (Å²) < 4.78 is 5.17. The highest BCUT2D eigenvalue weighted by Crippen LogP contribution is 2.27. The van der Waals surface area contributed by atoms with Crippen molar-refractivity contribution in [2.45, 2.75) is 13.5 Å². The molecule has 3 nitrogen and oxygen atoms in total. The van der Waals surface area contributed by atoms with Crippen molar-refractivity contribution in [2.75, 3.05) is 12.4 Å². The summed E-state index contributed by atoms with van der Waals surface area (Å²) in [5.74, 6) is 1.61. The Bertz CT molecular complexity index is 831. The lowest BCUT2D eigenvalue weighted by molar-refractivity contribution is 0.414. The SMILES string of the molecule is COc1ccc(CNc2cc(-c3ccccc3C)cc(Cl)n2)cc1. The summed E-state index contributed by atoms with van der Waals surface area (Å²) in [6.07, 6.45) is 0. The van der Waals surface area contributed by atoms with E-state index in [-0.39, 0.29) is 0 Å². The van der Waals surface area contributed by atoms with Gasteiger partial charge in [-0.1, -0.05) is 48.0 Å². The van der Waals surface area contributed by atoms with Gasteiger partial charge in [-0.3, -0.25) is 0 Å². The zero-order valence-electron chi connectivity index (χ0n) is 13.7. The highest BCUT2D eigenvalue weighted by Gasteiger charge is 2.06. The second-order valence-electron chi connectivity index (χ2n) is 5.58. The van der Waals surface area contributed by atoms with Gasteiger partial charge in [0.2, 0.25) is 0 Å². The van der Waals surface area contributed by atoms with Crippen molar-refractivity contribution in [1.29, 1.82) is 0 Å². The van der Waals surface area contributed by atoms with Crippen molar-refractivity contribution in [2.24, 2.45) is 0 Å². The molecule has 3 aromatic rings. The molecule has 0 saturated carbocycles. The monoisotopic (exact) mass is 338 g/mol. The normalized spacial score (nSPS) is 10.5. The molecule has 0 spiro atoms. The van der Waals surface area contributed by atoms with Crippen molar-refractivity contribution < 1.29 is 4.74 Å². The molecule has 1 heterocycles. The van der Waals surface area contributed by atoms with Gasteiger partial charge in [0.05, 0.1) is 7.11 Å². The van der Waals surface area contributed by atoms with E-state index >= 15 is 0 Å². The van der Waals surface area contributed by atoms with Gasteiger partial charge in [-0.25, -0.2) is 4.98 Å². The molecule has 0 aliphatic rings. The predicted octanol–water partition coefficient (Wildman–Crippen LogP) is 5.33. The van der Waals surface area contributed by atoms with Gasteiger partial charge >= 0.3 is 0 Å². The van der Waals surface area contributed by atoms with E-state index in [4.69, 9.17) is 16.3 Å². The van der Waals surface area contributed by atoms with Gasteiger partial charge in [0, 0.05) is 6.54 Å². The van der Waals surface area contributed by atoms with Crippen LogP contribution in [0.4, 0.5) is 5.82 Å². The third-order valence-corrected chi connectivity index (χ3v) is 4.08. The van der Waals surface area contributed by atoms with E-state index in [1.54, 1.807) is 7.11 Å². The molecule has 0 atom stereocenters. The molecule has 4 heteroatoms. The third-order valence-electron chi connectivity index (χ3n) is 3.88. The minimum Gasteiger partial charge on any atom is -0.497 e. The summed E-state index contributed by atoms with van der Waals surface area (Å²) in [4.78, 5) is 4.37. The van der Waals surface area contributed by atoms with Gasteiger partial charge in [-0.15, -0.1) is 0 Å². The van der Waals surface area contributed by atoms with Crippen molar-refractivity contribution in [3.8, 4) is 16.9 Å². The maximum absolute atomic E-state index is 6.21. The van der Waals surface area contributed by atoms with Crippen molar-refractivity contribution in [3.05, 3.63) is 76.9 Å². The fourth-order valence-corrected chi connectivity index (χ4v) is 2.78. The van der Waals surface area contributed by atoms with Crippen LogP contribution in [0.3, 0.4) is 0 Å². The van der Waals surface area contributed by atoms with E-state index in [0.29, 0.717) is 11.7 Å².